The Hall–Kier alpha value is -1.46. The quantitative estimate of drug-likeness (QED) is 0.692. The Labute approximate surface area is 61.0 Å². The van der Waals surface area contributed by atoms with Crippen molar-refractivity contribution in [2.75, 3.05) is 5.73 Å². The Bertz CT molecular complexity index is 243. The summed E-state index contributed by atoms with van der Waals surface area (Å²) in [5.41, 5.74) is 5.14. The number of anilines is 1. The van der Waals surface area contributed by atoms with Gasteiger partial charge in [-0.1, -0.05) is 0 Å². The maximum absolute atomic E-state index is 11.6. The summed E-state index contributed by atoms with van der Waals surface area (Å²) in [6, 6.07) is 0. The van der Waals surface area contributed by atoms with E-state index in [9.17, 15) is 8.78 Å². The molecule has 0 atom stereocenters. The van der Waals surface area contributed by atoms with Gasteiger partial charge in [-0.05, 0) is 0 Å². The van der Waals surface area contributed by atoms with Crippen LogP contribution in [0.15, 0.2) is 12.4 Å². The van der Waals surface area contributed by atoms with E-state index in [0.717, 1.165) is 0 Å². The molecule has 1 aromatic heterocycles. The first-order valence-electron chi connectivity index (χ1n) is 2.71. The minimum absolute atomic E-state index is 0.146. The number of hydrogen-bond donors (Lipinski definition) is 1. The molecule has 0 aliphatic carbocycles. The second-order valence-corrected chi connectivity index (χ2v) is 1.63. The summed E-state index contributed by atoms with van der Waals surface area (Å²) in [6.07, 6.45) is 2.50. The van der Waals surface area contributed by atoms with Crippen LogP contribution in [0.25, 0.3) is 0 Å². The van der Waals surface area contributed by atoms with Crippen LogP contribution in [-0.4, -0.2) is 16.6 Å². The van der Waals surface area contributed by atoms with E-state index in [1.54, 1.807) is 0 Å². The molecule has 0 saturated heterocycles. The monoisotopic (exact) mass is 161 g/mol. The van der Waals surface area contributed by atoms with Crippen LogP contribution in [0.5, 0.6) is 5.88 Å². The van der Waals surface area contributed by atoms with E-state index in [2.05, 4.69) is 14.7 Å². The van der Waals surface area contributed by atoms with Gasteiger partial charge in [0.05, 0.1) is 0 Å². The van der Waals surface area contributed by atoms with Gasteiger partial charge in [-0.25, -0.2) is 9.97 Å². The van der Waals surface area contributed by atoms with Crippen molar-refractivity contribution in [3.8, 4) is 5.88 Å². The summed E-state index contributed by atoms with van der Waals surface area (Å²) in [5.74, 6) is -0.490. The minimum Gasteiger partial charge on any atom is -0.413 e. The highest BCUT2D eigenvalue weighted by Gasteiger charge is 2.08. The number of hydrogen-bond acceptors (Lipinski definition) is 4. The van der Waals surface area contributed by atoms with Gasteiger partial charge in [-0.2, -0.15) is 8.78 Å². The number of nitrogens with zero attached hydrogens (tertiary/aromatic N) is 2. The molecule has 0 saturated carbocycles. The molecule has 0 aromatic carbocycles. The highest BCUT2D eigenvalue weighted by atomic mass is 19.3. The van der Waals surface area contributed by atoms with Crippen LogP contribution in [-0.2, 0) is 0 Å². The first kappa shape index (κ1) is 7.64. The zero-order valence-corrected chi connectivity index (χ0v) is 5.37. The molecule has 0 aliphatic heterocycles. The molecule has 4 nitrogen and oxygen atoms in total. The number of alkyl halides is 2. The molecule has 0 amide bonds. The zero-order chi connectivity index (χ0) is 8.27. The van der Waals surface area contributed by atoms with Crippen molar-refractivity contribution < 1.29 is 13.5 Å². The van der Waals surface area contributed by atoms with Gasteiger partial charge >= 0.3 is 6.61 Å². The fraction of sp³-hybridized carbons (Fsp3) is 0.200. The lowest BCUT2D eigenvalue weighted by Gasteiger charge is -2.03. The Morgan fingerprint density at radius 2 is 2.00 bits per heavy atom. The maximum Gasteiger partial charge on any atom is 0.388 e. The molecule has 0 bridgehead atoms. The first-order valence-corrected chi connectivity index (χ1v) is 2.71. The fourth-order valence-corrected chi connectivity index (χ4v) is 0.511. The maximum atomic E-state index is 11.6. The number of ether oxygens (including phenoxy) is 1. The van der Waals surface area contributed by atoms with Crippen molar-refractivity contribution in [1.29, 1.82) is 0 Å². The summed E-state index contributed by atoms with van der Waals surface area (Å²) in [7, 11) is 0. The van der Waals surface area contributed by atoms with Gasteiger partial charge < -0.3 is 10.5 Å². The Morgan fingerprint density at radius 3 is 2.55 bits per heavy atom. The highest BCUT2D eigenvalue weighted by Crippen LogP contribution is 2.15. The largest absolute Gasteiger partial charge is 0.413 e. The Morgan fingerprint density at radius 1 is 1.36 bits per heavy atom. The molecule has 0 spiro atoms. The van der Waals surface area contributed by atoms with Crippen LogP contribution < -0.4 is 10.5 Å². The molecule has 2 N–H and O–H groups in total. The van der Waals surface area contributed by atoms with Crippen molar-refractivity contribution in [2.45, 2.75) is 6.61 Å². The van der Waals surface area contributed by atoms with Gasteiger partial charge in [0.2, 0.25) is 0 Å². The van der Waals surface area contributed by atoms with Crippen molar-refractivity contribution in [3.63, 3.8) is 0 Å². The van der Waals surface area contributed by atoms with Gasteiger partial charge in [-0.15, -0.1) is 0 Å². The van der Waals surface area contributed by atoms with Crippen LogP contribution in [0, 0.1) is 0 Å². The molecule has 1 rings (SSSR count). The third-order valence-corrected chi connectivity index (χ3v) is 0.892. The lowest BCUT2D eigenvalue weighted by Crippen LogP contribution is -2.06. The predicted molar refractivity (Wildman–Crippen MR) is 33.1 cm³/mol. The van der Waals surface area contributed by atoms with Crippen LogP contribution in [0.2, 0.25) is 0 Å². The summed E-state index contributed by atoms with van der Waals surface area (Å²) in [6.45, 7) is -2.92. The third-order valence-electron chi connectivity index (χ3n) is 0.892. The fourth-order valence-electron chi connectivity index (χ4n) is 0.511. The number of nitrogens with two attached hydrogens (primary N) is 1. The summed E-state index contributed by atoms with van der Waals surface area (Å²) in [4.78, 5) is 6.92. The van der Waals surface area contributed by atoms with E-state index in [4.69, 9.17) is 5.73 Å². The van der Waals surface area contributed by atoms with Crippen molar-refractivity contribution >= 4 is 5.82 Å². The second kappa shape index (κ2) is 3.09. The zero-order valence-electron chi connectivity index (χ0n) is 5.37. The van der Waals surface area contributed by atoms with Crippen molar-refractivity contribution in [1.82, 2.24) is 9.97 Å². The third kappa shape index (κ3) is 1.99. The topological polar surface area (TPSA) is 61.0 Å². The molecule has 6 heteroatoms. The van der Waals surface area contributed by atoms with Gasteiger partial charge in [0, 0.05) is 12.4 Å². The van der Waals surface area contributed by atoms with Crippen LogP contribution >= 0.6 is 0 Å². The van der Waals surface area contributed by atoms with Gasteiger partial charge in [0.15, 0.2) is 5.82 Å². The van der Waals surface area contributed by atoms with Crippen LogP contribution in [0.4, 0.5) is 14.6 Å². The van der Waals surface area contributed by atoms with E-state index >= 15 is 0 Å². The first-order chi connectivity index (χ1) is 5.20. The SMILES string of the molecule is Nc1nccnc1OC(F)F. The molecular weight excluding hydrogens is 156 g/mol. The molecule has 1 heterocycles. The van der Waals surface area contributed by atoms with Crippen LogP contribution in [0.1, 0.15) is 0 Å². The second-order valence-electron chi connectivity index (χ2n) is 1.63. The van der Waals surface area contributed by atoms with Crippen LogP contribution in [0.3, 0.4) is 0 Å². The van der Waals surface area contributed by atoms with Crippen molar-refractivity contribution in [2.24, 2.45) is 0 Å². The average Bonchev–Trinajstić information content (AvgIpc) is 1.93. The van der Waals surface area contributed by atoms with E-state index in [0.29, 0.717) is 0 Å². The summed E-state index contributed by atoms with van der Waals surface area (Å²) >= 11 is 0. The highest BCUT2D eigenvalue weighted by molar-refractivity contribution is 5.38. The van der Waals surface area contributed by atoms with E-state index in [1.807, 2.05) is 0 Å². The minimum atomic E-state index is -2.92. The molecule has 1 aromatic rings. The van der Waals surface area contributed by atoms with E-state index in [1.165, 1.54) is 12.4 Å². The summed E-state index contributed by atoms with van der Waals surface area (Å²) < 4.78 is 27.0. The normalized spacial score (nSPS) is 10.1. The smallest absolute Gasteiger partial charge is 0.388 e. The number of rotatable bonds is 2. The van der Waals surface area contributed by atoms with Gasteiger partial charge in [-0.3, -0.25) is 0 Å². The summed E-state index contributed by atoms with van der Waals surface area (Å²) in [5, 5.41) is 0. The lowest BCUT2D eigenvalue weighted by molar-refractivity contribution is -0.0525. The Balaban J connectivity index is 2.78. The number of nitrogen functional groups attached to an aromatic ring is 1. The molecule has 0 aliphatic rings. The number of aromatic nitrogens is 2. The molecular formula is C5H5F2N3O. The van der Waals surface area contributed by atoms with Crippen molar-refractivity contribution in [3.05, 3.63) is 12.4 Å². The molecule has 0 fully saturated rings. The lowest BCUT2D eigenvalue weighted by atomic mass is 10.6. The van der Waals surface area contributed by atoms with E-state index < -0.39 is 6.61 Å². The predicted octanol–water partition coefficient (Wildman–Crippen LogP) is 0.660. The van der Waals surface area contributed by atoms with Gasteiger partial charge in [0.25, 0.3) is 5.88 Å². The number of halogens is 2. The molecule has 11 heavy (non-hydrogen) atoms. The average molecular weight is 161 g/mol. The molecule has 60 valence electrons. The van der Waals surface area contributed by atoms with Gasteiger partial charge in [0.1, 0.15) is 0 Å². The van der Waals surface area contributed by atoms with E-state index in [-0.39, 0.29) is 11.7 Å². The standard InChI is InChI=1S/C5H5F2N3O/c6-5(7)11-4-3(8)9-1-2-10-4/h1-2,5H,(H2,8,9). The molecule has 0 radical (unpaired) electrons. The Kier molecular flexibility index (Phi) is 2.15. The molecule has 0 unspecified atom stereocenters.